The first-order valence-electron chi connectivity index (χ1n) is 3.86. The number of hydrogen-bond acceptors (Lipinski definition) is 2. The highest BCUT2D eigenvalue weighted by atomic mass is 16.1. The second kappa shape index (κ2) is 2.57. The van der Waals surface area contributed by atoms with Gasteiger partial charge in [0.25, 0.3) is 0 Å². The molecule has 0 spiro atoms. The number of rotatable bonds is 0. The van der Waals surface area contributed by atoms with Crippen LogP contribution in [0.2, 0.25) is 0 Å². The van der Waals surface area contributed by atoms with E-state index in [2.05, 4.69) is 0 Å². The van der Waals surface area contributed by atoms with Gasteiger partial charge in [-0.3, -0.25) is 4.79 Å². The fourth-order valence-corrected chi connectivity index (χ4v) is 1.40. The van der Waals surface area contributed by atoms with Crippen LogP contribution in [0.3, 0.4) is 0 Å². The van der Waals surface area contributed by atoms with Crippen LogP contribution in [-0.4, -0.2) is 5.78 Å². The molecule has 0 fully saturated rings. The summed E-state index contributed by atoms with van der Waals surface area (Å²) in [5, 5.41) is 0. The Labute approximate surface area is 70.7 Å². The van der Waals surface area contributed by atoms with Crippen LogP contribution in [0.25, 0.3) is 0 Å². The zero-order valence-corrected chi connectivity index (χ0v) is 6.53. The lowest BCUT2D eigenvalue weighted by Gasteiger charge is -2.15. The second-order valence-corrected chi connectivity index (χ2v) is 2.84. The van der Waals surface area contributed by atoms with Gasteiger partial charge in [-0.05, 0) is 11.6 Å². The van der Waals surface area contributed by atoms with E-state index < -0.39 is 0 Å². The van der Waals surface area contributed by atoms with E-state index in [1.807, 2.05) is 18.2 Å². The first kappa shape index (κ1) is 7.25. The van der Waals surface area contributed by atoms with Gasteiger partial charge < -0.3 is 5.73 Å². The largest absolute Gasteiger partial charge is 0.321 e. The predicted molar refractivity (Wildman–Crippen MR) is 46.8 cm³/mol. The molecule has 0 aromatic heterocycles. The molecule has 1 aromatic carbocycles. The van der Waals surface area contributed by atoms with Gasteiger partial charge in [0, 0.05) is 11.6 Å². The second-order valence-electron chi connectivity index (χ2n) is 2.84. The number of benzene rings is 1. The van der Waals surface area contributed by atoms with Crippen molar-refractivity contribution in [1.82, 2.24) is 0 Å². The van der Waals surface area contributed by atoms with Crippen molar-refractivity contribution in [3.05, 3.63) is 47.5 Å². The smallest absolute Gasteiger partial charge is 0.185 e. The molecule has 1 unspecified atom stereocenters. The van der Waals surface area contributed by atoms with Gasteiger partial charge in [-0.25, -0.2) is 0 Å². The molecule has 12 heavy (non-hydrogen) atoms. The average Bonchev–Trinajstić information content (AvgIpc) is 2.12. The van der Waals surface area contributed by atoms with Crippen LogP contribution in [0.4, 0.5) is 0 Å². The number of ketones is 1. The lowest BCUT2D eigenvalue weighted by atomic mass is 9.93. The summed E-state index contributed by atoms with van der Waals surface area (Å²) in [6.45, 7) is 0. The number of hydrogen-bond donors (Lipinski definition) is 1. The van der Waals surface area contributed by atoms with E-state index in [1.54, 1.807) is 12.1 Å². The molecule has 0 saturated carbocycles. The van der Waals surface area contributed by atoms with Crippen LogP contribution in [0, 0.1) is 0 Å². The van der Waals surface area contributed by atoms with Crippen molar-refractivity contribution in [2.24, 2.45) is 5.73 Å². The van der Waals surface area contributed by atoms with Crippen molar-refractivity contribution < 1.29 is 4.79 Å². The van der Waals surface area contributed by atoms with Crippen molar-refractivity contribution in [1.29, 1.82) is 0 Å². The summed E-state index contributed by atoms with van der Waals surface area (Å²) in [5.41, 5.74) is 7.42. The van der Waals surface area contributed by atoms with Crippen LogP contribution < -0.4 is 5.73 Å². The summed E-state index contributed by atoms with van der Waals surface area (Å²) in [6, 6.07) is 7.31. The summed E-state index contributed by atoms with van der Waals surface area (Å²) < 4.78 is 0. The molecule has 1 atom stereocenters. The molecule has 1 aromatic rings. The third-order valence-corrected chi connectivity index (χ3v) is 2.04. The minimum Gasteiger partial charge on any atom is -0.321 e. The number of nitrogens with two attached hydrogens (primary N) is 1. The van der Waals surface area contributed by atoms with Crippen molar-refractivity contribution >= 4 is 5.78 Å². The summed E-state index contributed by atoms with van der Waals surface area (Å²) >= 11 is 0. The van der Waals surface area contributed by atoms with Crippen LogP contribution >= 0.6 is 0 Å². The van der Waals surface area contributed by atoms with Crippen molar-refractivity contribution in [2.45, 2.75) is 6.04 Å². The van der Waals surface area contributed by atoms with Gasteiger partial charge in [0.1, 0.15) is 0 Å². The van der Waals surface area contributed by atoms with E-state index in [4.69, 9.17) is 5.73 Å². The van der Waals surface area contributed by atoms with Crippen molar-refractivity contribution in [3.8, 4) is 0 Å². The van der Waals surface area contributed by atoms with Crippen molar-refractivity contribution in [2.75, 3.05) is 0 Å². The Bertz CT molecular complexity index is 355. The Kier molecular flexibility index (Phi) is 1.55. The SMILES string of the molecule is NC1C=CC(=O)c2ccccc21. The third kappa shape index (κ3) is 0.970. The van der Waals surface area contributed by atoms with Gasteiger partial charge in [-0.15, -0.1) is 0 Å². The molecule has 2 nitrogen and oxygen atoms in total. The Morgan fingerprint density at radius 3 is 2.75 bits per heavy atom. The first-order chi connectivity index (χ1) is 5.79. The maximum Gasteiger partial charge on any atom is 0.185 e. The minimum atomic E-state index is -0.126. The van der Waals surface area contributed by atoms with E-state index in [9.17, 15) is 4.79 Å². The Hall–Kier alpha value is -1.41. The first-order valence-corrected chi connectivity index (χ1v) is 3.86. The predicted octanol–water partition coefficient (Wildman–Crippen LogP) is 1.44. The van der Waals surface area contributed by atoms with Gasteiger partial charge in [0.05, 0.1) is 0 Å². The zero-order valence-electron chi connectivity index (χ0n) is 6.53. The zero-order chi connectivity index (χ0) is 8.55. The Morgan fingerprint density at radius 1 is 1.25 bits per heavy atom. The maximum atomic E-state index is 11.3. The number of allylic oxidation sites excluding steroid dienone is 1. The van der Waals surface area contributed by atoms with E-state index in [0.717, 1.165) is 11.1 Å². The summed E-state index contributed by atoms with van der Waals surface area (Å²) in [4.78, 5) is 11.3. The van der Waals surface area contributed by atoms with E-state index in [-0.39, 0.29) is 11.8 Å². The Morgan fingerprint density at radius 2 is 2.00 bits per heavy atom. The third-order valence-electron chi connectivity index (χ3n) is 2.04. The molecule has 2 N–H and O–H groups in total. The molecule has 1 aliphatic carbocycles. The quantitative estimate of drug-likeness (QED) is 0.622. The monoisotopic (exact) mass is 159 g/mol. The molecule has 0 bridgehead atoms. The van der Waals surface area contributed by atoms with Crippen LogP contribution in [0.5, 0.6) is 0 Å². The van der Waals surface area contributed by atoms with Crippen LogP contribution in [0.1, 0.15) is 22.0 Å². The van der Waals surface area contributed by atoms with Gasteiger partial charge in [-0.2, -0.15) is 0 Å². The molecule has 0 heterocycles. The lowest BCUT2D eigenvalue weighted by Crippen LogP contribution is -2.16. The number of fused-ring (bicyclic) bond motifs is 1. The van der Waals surface area contributed by atoms with E-state index >= 15 is 0 Å². The molecule has 60 valence electrons. The van der Waals surface area contributed by atoms with E-state index in [1.165, 1.54) is 6.08 Å². The Balaban J connectivity index is 2.61. The fourth-order valence-electron chi connectivity index (χ4n) is 1.40. The van der Waals surface area contributed by atoms with E-state index in [0.29, 0.717) is 0 Å². The van der Waals surface area contributed by atoms with Gasteiger partial charge in [0.15, 0.2) is 5.78 Å². The summed E-state index contributed by atoms with van der Waals surface area (Å²) in [7, 11) is 0. The van der Waals surface area contributed by atoms with Gasteiger partial charge in [0.2, 0.25) is 0 Å². The van der Waals surface area contributed by atoms with Gasteiger partial charge >= 0.3 is 0 Å². The standard InChI is InChI=1S/C10H9NO/c11-9-5-6-10(12)8-4-2-1-3-7(8)9/h1-6,9H,11H2. The molecule has 0 saturated heterocycles. The van der Waals surface area contributed by atoms with Crippen LogP contribution in [0.15, 0.2) is 36.4 Å². The normalized spacial score (nSPS) is 20.8. The maximum absolute atomic E-state index is 11.3. The summed E-state index contributed by atoms with van der Waals surface area (Å²) in [6.07, 6.45) is 3.26. The molecule has 2 heteroatoms. The van der Waals surface area contributed by atoms with Crippen LogP contribution in [-0.2, 0) is 0 Å². The fraction of sp³-hybridized carbons (Fsp3) is 0.100. The minimum absolute atomic E-state index is 0.0484. The topological polar surface area (TPSA) is 43.1 Å². The molecule has 1 aliphatic rings. The number of carbonyl (C=O) groups excluding carboxylic acids is 1. The molecule has 2 rings (SSSR count). The number of carbonyl (C=O) groups is 1. The highest BCUT2D eigenvalue weighted by Gasteiger charge is 2.16. The molecule has 0 amide bonds. The molecular weight excluding hydrogens is 150 g/mol. The van der Waals surface area contributed by atoms with Crippen molar-refractivity contribution in [3.63, 3.8) is 0 Å². The molecule has 0 radical (unpaired) electrons. The summed E-state index contributed by atoms with van der Waals surface area (Å²) in [5.74, 6) is 0.0484. The lowest BCUT2D eigenvalue weighted by molar-refractivity contribution is 0.104. The molecular formula is C10H9NO. The average molecular weight is 159 g/mol. The van der Waals surface area contributed by atoms with Gasteiger partial charge in [-0.1, -0.05) is 30.3 Å². The highest BCUT2D eigenvalue weighted by molar-refractivity contribution is 6.06. The highest BCUT2D eigenvalue weighted by Crippen LogP contribution is 2.22. The molecule has 0 aliphatic heterocycles.